The van der Waals surface area contributed by atoms with Crippen LogP contribution in [0.5, 0.6) is 0 Å². The van der Waals surface area contributed by atoms with E-state index in [4.69, 9.17) is 11.6 Å². The van der Waals surface area contributed by atoms with E-state index in [9.17, 15) is 0 Å². The molecule has 1 heterocycles. The second kappa shape index (κ2) is 3.95. The Kier molecular flexibility index (Phi) is 2.64. The number of hydrogen-bond donors (Lipinski definition) is 1. The molecule has 2 aromatic rings. The first kappa shape index (κ1) is 10.1. The van der Waals surface area contributed by atoms with Crippen molar-refractivity contribution in [1.82, 2.24) is 9.55 Å². The van der Waals surface area contributed by atoms with E-state index in [1.54, 1.807) is 6.20 Å². The predicted molar refractivity (Wildman–Crippen MR) is 62.7 cm³/mol. The SMILES string of the molecule is Cc1c(Cl)cccc1Nc1nccn1C. The van der Waals surface area contributed by atoms with E-state index in [0.29, 0.717) is 0 Å². The standard InChI is InChI=1S/C11H12ClN3/c1-8-9(12)4-3-5-10(8)14-11-13-6-7-15(11)2/h3-7H,1-2H3,(H,13,14). The van der Waals surface area contributed by atoms with Crippen molar-refractivity contribution >= 4 is 23.2 Å². The third-order valence-electron chi connectivity index (χ3n) is 2.34. The second-order valence-corrected chi connectivity index (χ2v) is 3.81. The zero-order valence-electron chi connectivity index (χ0n) is 8.66. The molecule has 0 radical (unpaired) electrons. The van der Waals surface area contributed by atoms with Crippen LogP contribution in [0.3, 0.4) is 0 Å². The number of nitrogens with one attached hydrogen (secondary N) is 1. The topological polar surface area (TPSA) is 29.9 Å². The van der Waals surface area contributed by atoms with Gasteiger partial charge in [0.05, 0.1) is 0 Å². The first-order chi connectivity index (χ1) is 7.18. The molecule has 15 heavy (non-hydrogen) atoms. The van der Waals surface area contributed by atoms with Crippen LogP contribution in [0.25, 0.3) is 0 Å². The fraction of sp³-hybridized carbons (Fsp3) is 0.182. The Labute approximate surface area is 93.7 Å². The van der Waals surface area contributed by atoms with E-state index in [1.807, 2.05) is 42.9 Å². The predicted octanol–water partition coefficient (Wildman–Crippen LogP) is 3.13. The lowest BCUT2D eigenvalue weighted by molar-refractivity contribution is 0.924. The highest BCUT2D eigenvalue weighted by atomic mass is 35.5. The van der Waals surface area contributed by atoms with Crippen LogP contribution < -0.4 is 5.32 Å². The molecule has 0 aliphatic heterocycles. The van der Waals surface area contributed by atoms with Crippen LogP contribution in [0.15, 0.2) is 30.6 Å². The molecule has 0 amide bonds. The minimum atomic E-state index is 0.759. The van der Waals surface area contributed by atoms with Gasteiger partial charge in [-0.25, -0.2) is 4.98 Å². The molecule has 0 saturated carbocycles. The molecule has 0 bridgehead atoms. The highest BCUT2D eigenvalue weighted by Gasteiger charge is 2.04. The van der Waals surface area contributed by atoms with Crippen LogP contribution >= 0.6 is 11.6 Å². The number of anilines is 2. The molecule has 78 valence electrons. The summed E-state index contributed by atoms with van der Waals surface area (Å²) in [7, 11) is 1.94. The molecule has 4 heteroatoms. The first-order valence-corrected chi connectivity index (χ1v) is 5.06. The summed E-state index contributed by atoms with van der Waals surface area (Å²) in [6.45, 7) is 1.98. The molecule has 3 nitrogen and oxygen atoms in total. The smallest absolute Gasteiger partial charge is 0.207 e. The summed E-state index contributed by atoms with van der Waals surface area (Å²) in [5.41, 5.74) is 2.01. The Bertz CT molecular complexity index is 476. The zero-order chi connectivity index (χ0) is 10.8. The van der Waals surface area contributed by atoms with E-state index in [0.717, 1.165) is 22.2 Å². The van der Waals surface area contributed by atoms with Gasteiger partial charge >= 0.3 is 0 Å². The summed E-state index contributed by atoms with van der Waals surface area (Å²) >= 11 is 6.03. The van der Waals surface area contributed by atoms with Gasteiger partial charge in [0.1, 0.15) is 0 Å². The summed E-state index contributed by atoms with van der Waals surface area (Å²) < 4.78 is 1.92. The maximum atomic E-state index is 6.03. The molecule has 0 spiro atoms. The Balaban J connectivity index is 2.33. The molecule has 1 aromatic heterocycles. The Morgan fingerprint density at radius 3 is 2.87 bits per heavy atom. The molecular weight excluding hydrogens is 210 g/mol. The van der Waals surface area contributed by atoms with Gasteiger partial charge in [-0.05, 0) is 24.6 Å². The van der Waals surface area contributed by atoms with Crippen LogP contribution in [-0.2, 0) is 7.05 Å². The Morgan fingerprint density at radius 2 is 2.20 bits per heavy atom. The largest absolute Gasteiger partial charge is 0.325 e. The third-order valence-corrected chi connectivity index (χ3v) is 2.74. The van der Waals surface area contributed by atoms with Gasteiger partial charge in [0.15, 0.2) is 0 Å². The van der Waals surface area contributed by atoms with Gasteiger partial charge in [-0.2, -0.15) is 0 Å². The van der Waals surface area contributed by atoms with Crippen LogP contribution in [0.4, 0.5) is 11.6 Å². The van der Waals surface area contributed by atoms with Gasteiger partial charge < -0.3 is 9.88 Å². The highest BCUT2D eigenvalue weighted by molar-refractivity contribution is 6.31. The zero-order valence-corrected chi connectivity index (χ0v) is 9.42. The number of halogens is 1. The van der Waals surface area contributed by atoms with Gasteiger partial charge in [-0.1, -0.05) is 17.7 Å². The lowest BCUT2D eigenvalue weighted by Gasteiger charge is -2.09. The van der Waals surface area contributed by atoms with E-state index in [1.165, 1.54) is 0 Å². The molecule has 0 fully saturated rings. The number of hydrogen-bond acceptors (Lipinski definition) is 2. The van der Waals surface area contributed by atoms with E-state index in [-0.39, 0.29) is 0 Å². The van der Waals surface area contributed by atoms with Crippen molar-refractivity contribution in [1.29, 1.82) is 0 Å². The van der Waals surface area contributed by atoms with Gasteiger partial charge in [-0.3, -0.25) is 0 Å². The number of aryl methyl sites for hydroxylation is 1. The second-order valence-electron chi connectivity index (χ2n) is 3.40. The minimum Gasteiger partial charge on any atom is -0.325 e. The molecule has 1 N–H and O–H groups in total. The molecule has 0 aliphatic carbocycles. The van der Waals surface area contributed by atoms with E-state index >= 15 is 0 Å². The average molecular weight is 222 g/mol. The van der Waals surface area contributed by atoms with Gasteiger partial charge in [0.25, 0.3) is 0 Å². The van der Waals surface area contributed by atoms with Crippen molar-refractivity contribution in [3.63, 3.8) is 0 Å². The molecule has 0 saturated heterocycles. The van der Waals surface area contributed by atoms with E-state index in [2.05, 4.69) is 10.3 Å². The normalized spacial score (nSPS) is 10.3. The fourth-order valence-corrected chi connectivity index (χ4v) is 1.52. The number of nitrogens with zero attached hydrogens (tertiary/aromatic N) is 2. The van der Waals surface area contributed by atoms with Crippen molar-refractivity contribution in [3.8, 4) is 0 Å². The summed E-state index contributed by atoms with van der Waals surface area (Å²) in [4.78, 5) is 4.19. The average Bonchev–Trinajstić information content (AvgIpc) is 2.60. The minimum absolute atomic E-state index is 0.759. The third kappa shape index (κ3) is 1.97. The summed E-state index contributed by atoms with van der Waals surface area (Å²) in [5.74, 6) is 0.806. The van der Waals surface area contributed by atoms with Crippen molar-refractivity contribution in [2.75, 3.05) is 5.32 Å². The van der Waals surface area contributed by atoms with Gasteiger partial charge in [0.2, 0.25) is 5.95 Å². The van der Waals surface area contributed by atoms with Gasteiger partial charge in [-0.15, -0.1) is 0 Å². The quantitative estimate of drug-likeness (QED) is 0.845. The van der Waals surface area contributed by atoms with Crippen molar-refractivity contribution in [3.05, 3.63) is 41.2 Å². The summed E-state index contributed by atoms with van der Waals surface area (Å²) in [6, 6.07) is 5.77. The summed E-state index contributed by atoms with van der Waals surface area (Å²) in [6.07, 6.45) is 3.64. The lowest BCUT2D eigenvalue weighted by atomic mass is 10.2. The molecule has 0 unspecified atom stereocenters. The highest BCUT2D eigenvalue weighted by Crippen LogP contribution is 2.25. The molecule has 0 atom stereocenters. The van der Waals surface area contributed by atoms with Crippen LogP contribution in [0.2, 0.25) is 5.02 Å². The van der Waals surface area contributed by atoms with Gasteiger partial charge in [0, 0.05) is 30.2 Å². The molecule has 0 aliphatic rings. The maximum Gasteiger partial charge on any atom is 0.207 e. The number of rotatable bonds is 2. The number of aromatic nitrogens is 2. The number of imidazole rings is 1. The monoisotopic (exact) mass is 221 g/mol. The van der Waals surface area contributed by atoms with Crippen LogP contribution in [0, 0.1) is 6.92 Å². The van der Waals surface area contributed by atoms with Crippen molar-refractivity contribution in [2.45, 2.75) is 6.92 Å². The van der Waals surface area contributed by atoms with Crippen LogP contribution in [-0.4, -0.2) is 9.55 Å². The number of benzene rings is 1. The molecule has 2 rings (SSSR count). The molecular formula is C11H12ClN3. The lowest BCUT2D eigenvalue weighted by Crippen LogP contribution is -2.00. The van der Waals surface area contributed by atoms with Crippen LogP contribution in [0.1, 0.15) is 5.56 Å². The maximum absolute atomic E-state index is 6.03. The summed E-state index contributed by atoms with van der Waals surface area (Å²) in [5, 5.41) is 3.99. The fourth-order valence-electron chi connectivity index (χ4n) is 1.35. The van der Waals surface area contributed by atoms with Crippen molar-refractivity contribution in [2.24, 2.45) is 7.05 Å². The first-order valence-electron chi connectivity index (χ1n) is 4.68. The molecule has 1 aromatic carbocycles. The Morgan fingerprint density at radius 1 is 1.40 bits per heavy atom. The van der Waals surface area contributed by atoms with Crippen molar-refractivity contribution < 1.29 is 0 Å². The van der Waals surface area contributed by atoms with E-state index < -0.39 is 0 Å². The Hall–Kier alpha value is -1.48.